The lowest BCUT2D eigenvalue weighted by Crippen LogP contribution is -1.90. The van der Waals surface area contributed by atoms with Crippen LogP contribution in [0.3, 0.4) is 0 Å². The molecule has 4 rings (SSSR count). The van der Waals surface area contributed by atoms with Crippen molar-refractivity contribution in [2.75, 3.05) is 7.11 Å². The number of para-hydroxylation sites is 1. The van der Waals surface area contributed by atoms with Gasteiger partial charge in [-0.25, -0.2) is 0 Å². The van der Waals surface area contributed by atoms with E-state index >= 15 is 0 Å². The molecule has 0 amide bonds. The number of hydrogen-bond donors (Lipinski definition) is 0. The Morgan fingerprint density at radius 3 is 2.57 bits per heavy atom. The van der Waals surface area contributed by atoms with Gasteiger partial charge in [-0.05, 0) is 47.5 Å². The summed E-state index contributed by atoms with van der Waals surface area (Å²) in [7, 11) is 3.86. The Kier molecular flexibility index (Phi) is 2.49. The minimum Gasteiger partial charge on any atom is -0.497 e. The van der Waals surface area contributed by atoms with Crippen molar-refractivity contribution in [3.8, 4) is 5.75 Å². The Morgan fingerprint density at radius 2 is 1.76 bits per heavy atom. The Morgan fingerprint density at radius 1 is 0.952 bits per heavy atom. The van der Waals surface area contributed by atoms with E-state index in [1.165, 1.54) is 38.1 Å². The minimum atomic E-state index is 0.903. The Balaban J connectivity index is 2.35. The SMILES string of the molecule is COc1ccc2cc(C)c3c(c2c1)c1ccccc1n3C. The minimum absolute atomic E-state index is 0.903. The van der Waals surface area contributed by atoms with Crippen LogP contribution in [0.1, 0.15) is 5.56 Å². The lowest BCUT2D eigenvalue weighted by Gasteiger charge is -2.08. The first-order valence-corrected chi connectivity index (χ1v) is 7.15. The van der Waals surface area contributed by atoms with E-state index < -0.39 is 0 Å². The number of aryl methyl sites for hydroxylation is 2. The van der Waals surface area contributed by atoms with Crippen molar-refractivity contribution in [2.45, 2.75) is 6.92 Å². The molecule has 0 unspecified atom stereocenters. The molecule has 104 valence electrons. The van der Waals surface area contributed by atoms with E-state index in [4.69, 9.17) is 4.74 Å². The van der Waals surface area contributed by atoms with Gasteiger partial charge in [0.15, 0.2) is 0 Å². The van der Waals surface area contributed by atoms with Crippen molar-refractivity contribution >= 4 is 32.6 Å². The third-order valence-corrected chi connectivity index (χ3v) is 4.38. The lowest BCUT2D eigenvalue weighted by molar-refractivity contribution is 0.415. The van der Waals surface area contributed by atoms with Crippen LogP contribution in [0.2, 0.25) is 0 Å². The summed E-state index contributed by atoms with van der Waals surface area (Å²) in [5.74, 6) is 0.903. The number of ether oxygens (including phenoxy) is 1. The molecule has 0 aliphatic rings. The summed E-state index contributed by atoms with van der Waals surface area (Å²) in [6.07, 6.45) is 0. The molecule has 0 fully saturated rings. The van der Waals surface area contributed by atoms with Gasteiger partial charge in [-0.15, -0.1) is 0 Å². The van der Waals surface area contributed by atoms with E-state index in [0.29, 0.717) is 0 Å². The predicted molar refractivity (Wildman–Crippen MR) is 89.2 cm³/mol. The first-order valence-electron chi connectivity index (χ1n) is 7.15. The first-order chi connectivity index (χ1) is 10.2. The first kappa shape index (κ1) is 12.3. The van der Waals surface area contributed by atoms with E-state index in [2.05, 4.69) is 61.0 Å². The van der Waals surface area contributed by atoms with Crippen LogP contribution in [0.15, 0.2) is 48.5 Å². The van der Waals surface area contributed by atoms with Crippen molar-refractivity contribution in [2.24, 2.45) is 7.05 Å². The van der Waals surface area contributed by atoms with E-state index in [9.17, 15) is 0 Å². The third-order valence-electron chi connectivity index (χ3n) is 4.38. The Hall–Kier alpha value is -2.48. The van der Waals surface area contributed by atoms with Crippen LogP contribution in [-0.2, 0) is 7.05 Å². The molecule has 0 atom stereocenters. The Labute approximate surface area is 123 Å². The van der Waals surface area contributed by atoms with Crippen molar-refractivity contribution in [1.29, 1.82) is 0 Å². The van der Waals surface area contributed by atoms with Crippen LogP contribution in [0, 0.1) is 6.92 Å². The summed E-state index contributed by atoms with van der Waals surface area (Å²) in [6, 6.07) is 17.2. The van der Waals surface area contributed by atoms with Gasteiger partial charge in [0.1, 0.15) is 5.75 Å². The normalized spacial score (nSPS) is 11.6. The number of nitrogens with zero attached hydrogens (tertiary/aromatic N) is 1. The fraction of sp³-hybridized carbons (Fsp3) is 0.158. The van der Waals surface area contributed by atoms with Crippen molar-refractivity contribution in [3.05, 3.63) is 54.1 Å². The molecule has 0 bridgehead atoms. The topological polar surface area (TPSA) is 14.2 Å². The van der Waals surface area contributed by atoms with Crippen LogP contribution in [0.4, 0.5) is 0 Å². The number of aromatic nitrogens is 1. The monoisotopic (exact) mass is 275 g/mol. The zero-order valence-corrected chi connectivity index (χ0v) is 12.5. The van der Waals surface area contributed by atoms with Gasteiger partial charge in [0, 0.05) is 23.3 Å². The lowest BCUT2D eigenvalue weighted by atomic mass is 10.0. The van der Waals surface area contributed by atoms with E-state index in [1.807, 2.05) is 6.07 Å². The summed E-state index contributed by atoms with van der Waals surface area (Å²) >= 11 is 0. The molecule has 3 aromatic carbocycles. The highest BCUT2D eigenvalue weighted by molar-refractivity contribution is 6.21. The van der Waals surface area contributed by atoms with Crippen molar-refractivity contribution in [1.82, 2.24) is 4.57 Å². The zero-order chi connectivity index (χ0) is 14.6. The maximum Gasteiger partial charge on any atom is 0.119 e. The van der Waals surface area contributed by atoms with Gasteiger partial charge in [-0.3, -0.25) is 0 Å². The molecule has 0 saturated carbocycles. The van der Waals surface area contributed by atoms with Gasteiger partial charge >= 0.3 is 0 Å². The molecule has 2 heteroatoms. The average Bonchev–Trinajstić information content (AvgIpc) is 2.82. The molecule has 1 heterocycles. The number of methoxy groups -OCH3 is 1. The number of fused-ring (bicyclic) bond motifs is 5. The fourth-order valence-electron chi connectivity index (χ4n) is 3.43. The van der Waals surface area contributed by atoms with Gasteiger partial charge in [0.2, 0.25) is 0 Å². The average molecular weight is 275 g/mol. The second-order valence-electron chi connectivity index (χ2n) is 5.58. The third kappa shape index (κ3) is 1.59. The van der Waals surface area contributed by atoms with Crippen molar-refractivity contribution < 1.29 is 4.74 Å². The van der Waals surface area contributed by atoms with Gasteiger partial charge in [-0.1, -0.05) is 24.3 Å². The molecule has 0 aliphatic carbocycles. The quantitative estimate of drug-likeness (QED) is 0.486. The maximum absolute atomic E-state index is 5.41. The summed E-state index contributed by atoms with van der Waals surface area (Å²) in [5.41, 5.74) is 3.88. The standard InChI is InChI=1S/C19H17NO/c1-12-10-13-8-9-14(21-3)11-16(13)18-15-6-4-5-7-17(15)20(2)19(12)18/h4-11H,1-3H3. The molecule has 4 aromatic rings. The molecule has 0 radical (unpaired) electrons. The largest absolute Gasteiger partial charge is 0.497 e. The summed E-state index contributed by atoms with van der Waals surface area (Å²) < 4.78 is 7.70. The molecule has 0 N–H and O–H groups in total. The number of rotatable bonds is 1. The van der Waals surface area contributed by atoms with Gasteiger partial charge < -0.3 is 9.30 Å². The smallest absolute Gasteiger partial charge is 0.119 e. The second-order valence-corrected chi connectivity index (χ2v) is 5.58. The number of hydrogen-bond acceptors (Lipinski definition) is 1. The van der Waals surface area contributed by atoms with E-state index in [0.717, 1.165) is 5.75 Å². The molecular formula is C19H17NO. The molecular weight excluding hydrogens is 258 g/mol. The van der Waals surface area contributed by atoms with E-state index in [1.54, 1.807) is 7.11 Å². The fourth-order valence-corrected chi connectivity index (χ4v) is 3.43. The van der Waals surface area contributed by atoms with Crippen LogP contribution >= 0.6 is 0 Å². The molecule has 0 aliphatic heterocycles. The van der Waals surface area contributed by atoms with Crippen LogP contribution < -0.4 is 4.74 Å². The highest BCUT2D eigenvalue weighted by atomic mass is 16.5. The maximum atomic E-state index is 5.41. The van der Waals surface area contributed by atoms with Crippen molar-refractivity contribution in [3.63, 3.8) is 0 Å². The second kappa shape index (κ2) is 4.26. The highest BCUT2D eigenvalue weighted by Crippen LogP contribution is 2.37. The van der Waals surface area contributed by atoms with Crippen LogP contribution in [-0.4, -0.2) is 11.7 Å². The summed E-state index contributed by atoms with van der Waals surface area (Å²) in [5, 5.41) is 5.14. The number of benzene rings is 3. The van der Waals surface area contributed by atoms with E-state index in [-0.39, 0.29) is 0 Å². The van der Waals surface area contributed by atoms with Gasteiger partial charge in [0.05, 0.1) is 12.6 Å². The van der Waals surface area contributed by atoms with Crippen LogP contribution in [0.5, 0.6) is 5.75 Å². The predicted octanol–water partition coefficient (Wildman–Crippen LogP) is 4.80. The highest BCUT2D eigenvalue weighted by Gasteiger charge is 2.13. The summed E-state index contributed by atoms with van der Waals surface area (Å²) in [6.45, 7) is 2.19. The molecule has 0 saturated heterocycles. The zero-order valence-electron chi connectivity index (χ0n) is 12.5. The van der Waals surface area contributed by atoms with Gasteiger partial charge in [0.25, 0.3) is 0 Å². The Bertz CT molecular complexity index is 995. The van der Waals surface area contributed by atoms with Crippen LogP contribution in [0.25, 0.3) is 32.6 Å². The molecule has 1 aromatic heterocycles. The molecule has 0 spiro atoms. The van der Waals surface area contributed by atoms with Gasteiger partial charge in [-0.2, -0.15) is 0 Å². The summed E-state index contributed by atoms with van der Waals surface area (Å²) in [4.78, 5) is 0. The molecule has 21 heavy (non-hydrogen) atoms. The molecule has 2 nitrogen and oxygen atoms in total.